The summed E-state index contributed by atoms with van der Waals surface area (Å²) in [5.41, 5.74) is 3.62. The van der Waals surface area contributed by atoms with Crippen molar-refractivity contribution in [3.63, 3.8) is 0 Å². The molecule has 2 aromatic rings. The molecule has 3 nitrogen and oxygen atoms in total. The Kier molecular flexibility index (Phi) is 4.88. The number of carbonyl (C=O) groups is 1. The van der Waals surface area contributed by atoms with E-state index in [1.165, 1.54) is 0 Å². The number of nitrogens with zero attached hydrogens (tertiary/aromatic N) is 1. The topological polar surface area (TPSA) is 38.7 Å². The minimum absolute atomic E-state index is 0.293. The summed E-state index contributed by atoms with van der Waals surface area (Å²) in [6.07, 6.45) is 0. The first-order valence-electron chi connectivity index (χ1n) is 6.99. The molecule has 0 aliphatic carbocycles. The SMILES string of the molecule is CCOC(=NC(=O)c1ccccc1)c1cc(C)cc(C)c1. The Hall–Kier alpha value is -2.42. The van der Waals surface area contributed by atoms with Gasteiger partial charge < -0.3 is 4.74 Å². The number of amides is 1. The molecule has 0 spiro atoms. The average molecular weight is 281 g/mol. The Labute approximate surface area is 125 Å². The van der Waals surface area contributed by atoms with Crippen LogP contribution < -0.4 is 0 Å². The molecule has 108 valence electrons. The fraction of sp³-hybridized carbons (Fsp3) is 0.222. The van der Waals surface area contributed by atoms with E-state index in [-0.39, 0.29) is 5.91 Å². The van der Waals surface area contributed by atoms with Crippen LogP contribution in [0.25, 0.3) is 0 Å². The van der Waals surface area contributed by atoms with Crippen LogP contribution in [0, 0.1) is 13.8 Å². The van der Waals surface area contributed by atoms with Gasteiger partial charge in [-0.25, -0.2) is 0 Å². The lowest BCUT2D eigenvalue weighted by Crippen LogP contribution is -2.11. The van der Waals surface area contributed by atoms with Crippen LogP contribution in [0.2, 0.25) is 0 Å². The molecule has 0 saturated carbocycles. The van der Waals surface area contributed by atoms with Gasteiger partial charge in [-0.3, -0.25) is 4.79 Å². The molecular weight excluding hydrogens is 262 g/mol. The van der Waals surface area contributed by atoms with E-state index in [9.17, 15) is 4.79 Å². The Morgan fingerprint density at radius 3 is 2.19 bits per heavy atom. The number of carbonyl (C=O) groups excluding carboxylic acids is 1. The van der Waals surface area contributed by atoms with Crippen molar-refractivity contribution in [1.29, 1.82) is 0 Å². The van der Waals surface area contributed by atoms with Crippen LogP contribution in [0.5, 0.6) is 0 Å². The highest BCUT2D eigenvalue weighted by Crippen LogP contribution is 2.12. The number of hydrogen-bond donors (Lipinski definition) is 0. The van der Waals surface area contributed by atoms with Crippen molar-refractivity contribution < 1.29 is 9.53 Å². The van der Waals surface area contributed by atoms with Crippen LogP contribution >= 0.6 is 0 Å². The van der Waals surface area contributed by atoms with E-state index in [2.05, 4.69) is 11.1 Å². The van der Waals surface area contributed by atoms with Crippen molar-refractivity contribution in [2.75, 3.05) is 6.61 Å². The van der Waals surface area contributed by atoms with Crippen molar-refractivity contribution in [2.24, 2.45) is 4.99 Å². The molecule has 0 aliphatic rings. The maximum atomic E-state index is 12.2. The van der Waals surface area contributed by atoms with Gasteiger partial charge in [-0.05, 0) is 45.0 Å². The molecule has 2 aromatic carbocycles. The van der Waals surface area contributed by atoms with Crippen LogP contribution in [0.15, 0.2) is 53.5 Å². The Bertz CT molecular complexity index is 640. The molecule has 2 rings (SSSR count). The minimum Gasteiger partial charge on any atom is -0.477 e. The second-order valence-electron chi connectivity index (χ2n) is 4.90. The van der Waals surface area contributed by atoms with Gasteiger partial charge in [0.2, 0.25) is 5.90 Å². The molecule has 0 heterocycles. The lowest BCUT2D eigenvalue weighted by molar-refractivity contribution is 0.0999. The number of benzene rings is 2. The van der Waals surface area contributed by atoms with Crippen molar-refractivity contribution in [2.45, 2.75) is 20.8 Å². The summed E-state index contributed by atoms with van der Waals surface area (Å²) < 4.78 is 5.56. The third-order valence-electron chi connectivity index (χ3n) is 2.97. The van der Waals surface area contributed by atoms with E-state index in [1.807, 2.05) is 51.1 Å². The molecule has 0 N–H and O–H groups in total. The maximum absolute atomic E-state index is 12.2. The lowest BCUT2D eigenvalue weighted by Gasteiger charge is -2.09. The highest BCUT2D eigenvalue weighted by atomic mass is 16.5. The molecule has 0 atom stereocenters. The molecule has 0 aliphatic heterocycles. The van der Waals surface area contributed by atoms with Gasteiger partial charge in [-0.15, -0.1) is 0 Å². The van der Waals surface area contributed by atoms with Crippen molar-refractivity contribution in [1.82, 2.24) is 0 Å². The van der Waals surface area contributed by atoms with Crippen molar-refractivity contribution in [3.05, 3.63) is 70.8 Å². The second kappa shape index (κ2) is 6.84. The molecule has 0 unspecified atom stereocenters. The molecule has 3 heteroatoms. The summed E-state index contributed by atoms with van der Waals surface area (Å²) in [4.78, 5) is 16.4. The molecule has 0 radical (unpaired) electrons. The van der Waals surface area contributed by atoms with E-state index in [0.29, 0.717) is 18.1 Å². The third kappa shape index (κ3) is 4.02. The van der Waals surface area contributed by atoms with E-state index in [1.54, 1.807) is 12.1 Å². The normalized spacial score (nSPS) is 11.3. The highest BCUT2D eigenvalue weighted by Gasteiger charge is 2.10. The quantitative estimate of drug-likeness (QED) is 0.631. The number of aryl methyl sites for hydroxylation is 2. The zero-order valence-electron chi connectivity index (χ0n) is 12.6. The molecule has 1 amide bonds. The zero-order valence-corrected chi connectivity index (χ0v) is 12.6. The van der Waals surface area contributed by atoms with Gasteiger partial charge in [-0.2, -0.15) is 4.99 Å². The number of aliphatic imine (C=N–C) groups is 1. The van der Waals surface area contributed by atoms with Gasteiger partial charge in [-0.1, -0.05) is 35.4 Å². The molecule has 0 bridgehead atoms. The first-order chi connectivity index (χ1) is 10.1. The molecule has 0 saturated heterocycles. The standard InChI is InChI=1S/C18H19NO2/c1-4-21-18(16-11-13(2)10-14(3)12-16)19-17(20)15-8-6-5-7-9-15/h5-12H,4H2,1-3H3. The minimum atomic E-state index is -0.293. The Balaban J connectivity index is 2.38. The lowest BCUT2D eigenvalue weighted by atomic mass is 10.1. The Morgan fingerprint density at radius 2 is 1.62 bits per heavy atom. The summed E-state index contributed by atoms with van der Waals surface area (Å²) in [6, 6.07) is 15.0. The van der Waals surface area contributed by atoms with Crippen molar-refractivity contribution in [3.8, 4) is 0 Å². The van der Waals surface area contributed by atoms with Gasteiger partial charge in [0.15, 0.2) is 0 Å². The van der Waals surface area contributed by atoms with Crippen LogP contribution in [0.1, 0.15) is 34.0 Å². The number of rotatable bonds is 3. The van der Waals surface area contributed by atoms with Gasteiger partial charge in [0.25, 0.3) is 5.91 Å². The smallest absolute Gasteiger partial charge is 0.280 e. The molecule has 0 aromatic heterocycles. The fourth-order valence-electron chi connectivity index (χ4n) is 2.15. The van der Waals surface area contributed by atoms with E-state index < -0.39 is 0 Å². The summed E-state index contributed by atoms with van der Waals surface area (Å²) in [6.45, 7) is 6.37. The summed E-state index contributed by atoms with van der Waals surface area (Å²) in [5.74, 6) is 0.0800. The molecule has 21 heavy (non-hydrogen) atoms. The van der Waals surface area contributed by atoms with Gasteiger partial charge >= 0.3 is 0 Å². The van der Waals surface area contributed by atoms with Crippen LogP contribution in [-0.2, 0) is 4.74 Å². The summed E-state index contributed by atoms with van der Waals surface area (Å²) >= 11 is 0. The molecular formula is C18H19NO2. The number of ether oxygens (including phenoxy) is 1. The van der Waals surface area contributed by atoms with Crippen LogP contribution in [-0.4, -0.2) is 18.4 Å². The maximum Gasteiger partial charge on any atom is 0.280 e. The largest absolute Gasteiger partial charge is 0.477 e. The fourth-order valence-corrected chi connectivity index (χ4v) is 2.15. The van der Waals surface area contributed by atoms with Crippen LogP contribution in [0.4, 0.5) is 0 Å². The van der Waals surface area contributed by atoms with E-state index in [0.717, 1.165) is 16.7 Å². The third-order valence-corrected chi connectivity index (χ3v) is 2.97. The first-order valence-corrected chi connectivity index (χ1v) is 6.99. The van der Waals surface area contributed by atoms with Gasteiger partial charge in [0, 0.05) is 11.1 Å². The van der Waals surface area contributed by atoms with E-state index in [4.69, 9.17) is 4.74 Å². The number of hydrogen-bond acceptors (Lipinski definition) is 2. The van der Waals surface area contributed by atoms with Gasteiger partial charge in [0.05, 0.1) is 6.61 Å². The summed E-state index contributed by atoms with van der Waals surface area (Å²) in [7, 11) is 0. The predicted molar refractivity (Wildman–Crippen MR) is 84.9 cm³/mol. The highest BCUT2D eigenvalue weighted by molar-refractivity contribution is 6.07. The summed E-state index contributed by atoms with van der Waals surface area (Å²) in [5, 5.41) is 0. The average Bonchev–Trinajstić information content (AvgIpc) is 2.46. The Morgan fingerprint density at radius 1 is 1.00 bits per heavy atom. The zero-order chi connectivity index (χ0) is 15.2. The molecule has 0 fully saturated rings. The van der Waals surface area contributed by atoms with Gasteiger partial charge in [0.1, 0.15) is 0 Å². The van der Waals surface area contributed by atoms with E-state index >= 15 is 0 Å². The van der Waals surface area contributed by atoms with Crippen LogP contribution in [0.3, 0.4) is 0 Å². The second-order valence-corrected chi connectivity index (χ2v) is 4.90. The monoisotopic (exact) mass is 281 g/mol. The predicted octanol–water partition coefficient (Wildman–Crippen LogP) is 3.93. The van der Waals surface area contributed by atoms with Crippen molar-refractivity contribution >= 4 is 11.8 Å². The first kappa shape index (κ1) is 15.0.